The minimum Gasteiger partial charge on any atom is -0.463 e. The van der Waals surface area contributed by atoms with Gasteiger partial charge in [-0.2, -0.15) is 0 Å². The van der Waals surface area contributed by atoms with Crippen LogP contribution in [0.2, 0.25) is 10.0 Å². The van der Waals surface area contributed by atoms with Crippen LogP contribution in [0.3, 0.4) is 0 Å². The first kappa shape index (κ1) is 17.8. The zero-order valence-electron chi connectivity index (χ0n) is 13.4. The van der Waals surface area contributed by atoms with E-state index in [1.807, 2.05) is 18.2 Å². The lowest BCUT2D eigenvalue weighted by atomic mass is 10.1. The van der Waals surface area contributed by atoms with Gasteiger partial charge in [0.2, 0.25) is 0 Å². The molecule has 2 unspecified atom stereocenters. The smallest absolute Gasteiger partial charge is 0.302 e. The van der Waals surface area contributed by atoms with Gasteiger partial charge in [0.1, 0.15) is 12.7 Å². The number of nitrogens with zero attached hydrogens (tertiary/aromatic N) is 4. The molecule has 2 atom stereocenters. The van der Waals surface area contributed by atoms with Gasteiger partial charge in [-0.05, 0) is 22.9 Å². The van der Waals surface area contributed by atoms with Crippen molar-refractivity contribution in [3.05, 3.63) is 51.8 Å². The predicted molar refractivity (Wildman–Crippen MR) is 91.4 cm³/mol. The van der Waals surface area contributed by atoms with E-state index in [0.29, 0.717) is 28.7 Å². The molecule has 1 aliphatic heterocycles. The molecular formula is C16H16Cl2N4O3. The number of rotatable bonds is 5. The molecule has 0 aliphatic carbocycles. The lowest BCUT2D eigenvalue weighted by molar-refractivity contribution is -0.148. The molecule has 0 bridgehead atoms. The van der Waals surface area contributed by atoms with E-state index in [0.717, 1.165) is 5.56 Å². The molecule has 9 heteroatoms. The van der Waals surface area contributed by atoms with E-state index in [-0.39, 0.29) is 18.7 Å². The molecule has 1 aromatic heterocycles. The molecule has 0 spiro atoms. The lowest BCUT2D eigenvalue weighted by Crippen LogP contribution is -2.28. The number of aromatic nitrogens is 4. The molecule has 0 fully saturated rings. The van der Waals surface area contributed by atoms with E-state index >= 15 is 0 Å². The van der Waals surface area contributed by atoms with Crippen LogP contribution in [0.25, 0.3) is 0 Å². The molecule has 3 rings (SSSR count). The number of carbonyl (C=O) groups is 1. The van der Waals surface area contributed by atoms with E-state index < -0.39 is 6.23 Å². The fraction of sp³-hybridized carbons (Fsp3) is 0.375. The van der Waals surface area contributed by atoms with E-state index in [4.69, 9.17) is 32.7 Å². The Hall–Kier alpha value is -1.96. The fourth-order valence-corrected chi connectivity index (χ4v) is 2.85. The van der Waals surface area contributed by atoms with Crippen LogP contribution >= 0.6 is 23.2 Å². The number of esters is 1. The molecule has 1 aliphatic rings. The second kappa shape index (κ2) is 7.95. The summed E-state index contributed by atoms with van der Waals surface area (Å²) in [7, 11) is 0. The molecule has 0 saturated carbocycles. The number of carbonyl (C=O) groups excluding carboxylic acids is 1. The van der Waals surface area contributed by atoms with Gasteiger partial charge in [-0.3, -0.25) is 4.79 Å². The topological polar surface area (TPSA) is 79.1 Å². The highest BCUT2D eigenvalue weighted by Gasteiger charge is 2.23. The normalized spacial score (nSPS) is 19.8. The molecule has 0 saturated heterocycles. The summed E-state index contributed by atoms with van der Waals surface area (Å²) in [5.74, 6) is 0.180. The predicted octanol–water partition coefficient (Wildman–Crippen LogP) is 2.98. The third-order valence-corrected chi connectivity index (χ3v) is 4.15. The second-order valence-electron chi connectivity index (χ2n) is 5.53. The maximum Gasteiger partial charge on any atom is 0.302 e. The largest absolute Gasteiger partial charge is 0.463 e. The molecular weight excluding hydrogens is 367 g/mol. The van der Waals surface area contributed by atoms with Crippen molar-refractivity contribution in [1.82, 2.24) is 20.2 Å². The second-order valence-corrected chi connectivity index (χ2v) is 6.38. The van der Waals surface area contributed by atoms with Crippen molar-refractivity contribution in [3.8, 4) is 0 Å². The van der Waals surface area contributed by atoms with E-state index in [1.54, 1.807) is 12.1 Å². The van der Waals surface area contributed by atoms with Crippen LogP contribution < -0.4 is 0 Å². The van der Waals surface area contributed by atoms with Crippen molar-refractivity contribution in [3.63, 3.8) is 0 Å². The zero-order valence-corrected chi connectivity index (χ0v) is 14.9. The highest BCUT2D eigenvalue weighted by Crippen LogP contribution is 2.23. The first-order valence-corrected chi connectivity index (χ1v) is 8.44. The quantitative estimate of drug-likeness (QED) is 0.584. The molecule has 2 aromatic rings. The average molecular weight is 383 g/mol. The van der Waals surface area contributed by atoms with E-state index in [9.17, 15) is 4.79 Å². The molecule has 0 N–H and O–H groups in total. The van der Waals surface area contributed by atoms with Crippen molar-refractivity contribution < 1.29 is 14.3 Å². The number of hydrogen-bond acceptors (Lipinski definition) is 6. The average Bonchev–Trinajstić information content (AvgIpc) is 3.04. The Morgan fingerprint density at radius 1 is 1.44 bits per heavy atom. The minimum atomic E-state index is -0.396. The van der Waals surface area contributed by atoms with Crippen molar-refractivity contribution in [2.24, 2.45) is 0 Å². The van der Waals surface area contributed by atoms with Gasteiger partial charge in [0.15, 0.2) is 12.1 Å². The maximum atomic E-state index is 10.9. The molecule has 2 heterocycles. The summed E-state index contributed by atoms with van der Waals surface area (Å²) in [5, 5.41) is 13.6. The van der Waals surface area contributed by atoms with Gasteiger partial charge in [-0.1, -0.05) is 41.4 Å². The van der Waals surface area contributed by atoms with Crippen LogP contribution in [0.4, 0.5) is 0 Å². The number of hydrogen-bond donors (Lipinski definition) is 0. The standard InChI is InChI=1S/C16H16Cl2N4O3/c1-10(23)24-9-13-3-2-4-16(25-13)22-20-15(19-21-22)7-11-5-6-12(17)8-14(11)18/h2-3,5-6,8,13,16H,4,7,9H2,1H3. The SMILES string of the molecule is CC(=O)OCC1C=CCC(n2nnc(Cc3ccc(Cl)cc3Cl)n2)O1. The fourth-order valence-electron chi connectivity index (χ4n) is 2.38. The lowest BCUT2D eigenvalue weighted by Gasteiger charge is -2.24. The molecule has 25 heavy (non-hydrogen) atoms. The Morgan fingerprint density at radius 2 is 2.28 bits per heavy atom. The van der Waals surface area contributed by atoms with Crippen molar-refractivity contribution >= 4 is 29.2 Å². The van der Waals surface area contributed by atoms with Crippen LogP contribution in [-0.2, 0) is 20.7 Å². The van der Waals surface area contributed by atoms with Crippen LogP contribution in [0.5, 0.6) is 0 Å². The molecule has 1 aromatic carbocycles. The summed E-state index contributed by atoms with van der Waals surface area (Å²) >= 11 is 12.1. The van der Waals surface area contributed by atoms with E-state index in [1.165, 1.54) is 11.7 Å². The van der Waals surface area contributed by atoms with Gasteiger partial charge in [-0.25, -0.2) is 0 Å². The first-order chi connectivity index (χ1) is 12.0. The van der Waals surface area contributed by atoms with Crippen LogP contribution in [0, 0.1) is 0 Å². The Balaban J connectivity index is 1.65. The van der Waals surface area contributed by atoms with Crippen molar-refractivity contribution in [2.45, 2.75) is 32.1 Å². The summed E-state index contributed by atoms with van der Waals surface area (Å²) in [5.41, 5.74) is 0.864. The number of benzene rings is 1. The zero-order chi connectivity index (χ0) is 17.8. The number of ether oxygens (including phenoxy) is 2. The summed E-state index contributed by atoms with van der Waals surface area (Å²) in [6, 6.07) is 5.28. The van der Waals surface area contributed by atoms with Crippen LogP contribution in [0.15, 0.2) is 30.4 Å². The summed E-state index contributed by atoms with van der Waals surface area (Å²) in [6.07, 6.45) is 4.12. The van der Waals surface area contributed by atoms with Gasteiger partial charge in [0, 0.05) is 29.8 Å². The van der Waals surface area contributed by atoms with Crippen molar-refractivity contribution in [1.29, 1.82) is 0 Å². The Kier molecular flexibility index (Phi) is 5.67. The van der Waals surface area contributed by atoms with Gasteiger partial charge in [0.05, 0.1) is 0 Å². The Morgan fingerprint density at radius 3 is 3.04 bits per heavy atom. The summed E-state index contributed by atoms with van der Waals surface area (Å²) < 4.78 is 10.8. The van der Waals surface area contributed by atoms with Gasteiger partial charge >= 0.3 is 5.97 Å². The number of halogens is 2. The Bertz CT molecular complexity index is 793. The van der Waals surface area contributed by atoms with Crippen LogP contribution in [-0.4, -0.2) is 38.9 Å². The third kappa shape index (κ3) is 4.78. The van der Waals surface area contributed by atoms with Crippen LogP contribution in [0.1, 0.15) is 31.0 Å². The highest BCUT2D eigenvalue weighted by molar-refractivity contribution is 6.35. The highest BCUT2D eigenvalue weighted by atomic mass is 35.5. The minimum absolute atomic E-state index is 0.157. The summed E-state index contributed by atoms with van der Waals surface area (Å²) in [4.78, 5) is 12.3. The third-order valence-electron chi connectivity index (χ3n) is 3.56. The number of tetrazole rings is 1. The molecule has 0 radical (unpaired) electrons. The van der Waals surface area contributed by atoms with E-state index in [2.05, 4.69) is 15.4 Å². The van der Waals surface area contributed by atoms with Crippen molar-refractivity contribution in [2.75, 3.05) is 6.61 Å². The maximum absolute atomic E-state index is 10.9. The Labute approximate surface area is 154 Å². The van der Waals surface area contributed by atoms with Gasteiger partial charge in [0.25, 0.3) is 0 Å². The molecule has 132 valence electrons. The summed E-state index contributed by atoms with van der Waals surface area (Å²) in [6.45, 7) is 1.52. The van der Waals surface area contributed by atoms with Gasteiger partial charge < -0.3 is 9.47 Å². The molecule has 0 amide bonds. The molecule has 7 nitrogen and oxygen atoms in total. The monoisotopic (exact) mass is 382 g/mol. The van der Waals surface area contributed by atoms with Gasteiger partial charge in [-0.15, -0.1) is 15.0 Å². The first-order valence-electron chi connectivity index (χ1n) is 7.69.